The van der Waals surface area contributed by atoms with Gasteiger partial charge in [0.15, 0.2) is 5.65 Å². The Morgan fingerprint density at radius 1 is 1.41 bits per heavy atom. The second-order valence-corrected chi connectivity index (χ2v) is 5.00. The van der Waals surface area contributed by atoms with E-state index in [4.69, 9.17) is 5.73 Å². The van der Waals surface area contributed by atoms with Gasteiger partial charge in [0.2, 0.25) is 0 Å². The predicted octanol–water partition coefficient (Wildman–Crippen LogP) is 1.52. The van der Waals surface area contributed by atoms with Gasteiger partial charge >= 0.3 is 0 Å². The minimum Gasteiger partial charge on any atom is -0.369 e. The maximum atomic E-state index is 5.59. The number of nitrogens with one attached hydrogen (secondary N) is 1. The summed E-state index contributed by atoms with van der Waals surface area (Å²) in [7, 11) is 0. The Kier molecular flexibility index (Phi) is 3.28. The lowest BCUT2D eigenvalue weighted by atomic mass is 9.89. The van der Waals surface area contributed by atoms with E-state index in [0.29, 0.717) is 6.54 Å². The molecule has 2 aromatic heterocycles. The maximum Gasteiger partial charge on any atom is 0.157 e. The molecule has 0 radical (unpaired) electrons. The molecule has 0 unspecified atom stereocenters. The van der Waals surface area contributed by atoms with E-state index < -0.39 is 0 Å². The second-order valence-electron chi connectivity index (χ2n) is 5.00. The summed E-state index contributed by atoms with van der Waals surface area (Å²) in [6.07, 6.45) is 4.64. The molecule has 0 aliphatic heterocycles. The van der Waals surface area contributed by atoms with Gasteiger partial charge in [0, 0.05) is 18.8 Å². The Morgan fingerprint density at radius 3 is 3.00 bits per heavy atom. The molecule has 5 heteroatoms. The molecule has 17 heavy (non-hydrogen) atoms. The van der Waals surface area contributed by atoms with Gasteiger partial charge in [-0.15, -0.1) is 0 Å². The van der Waals surface area contributed by atoms with Gasteiger partial charge in [-0.2, -0.15) is 5.10 Å². The normalized spacial score (nSPS) is 11.9. The van der Waals surface area contributed by atoms with Crippen LogP contribution in [0.25, 0.3) is 5.65 Å². The van der Waals surface area contributed by atoms with Gasteiger partial charge in [0.25, 0.3) is 0 Å². The minimum atomic E-state index is 0.183. The topological polar surface area (TPSA) is 68.2 Å². The Hall–Kier alpha value is -1.62. The molecule has 2 rings (SSSR count). The molecule has 0 bridgehead atoms. The van der Waals surface area contributed by atoms with E-state index in [2.05, 4.69) is 29.2 Å². The summed E-state index contributed by atoms with van der Waals surface area (Å²) in [5, 5.41) is 7.45. The Labute approximate surface area is 101 Å². The highest BCUT2D eigenvalue weighted by Crippen LogP contribution is 2.19. The van der Waals surface area contributed by atoms with Crippen LogP contribution >= 0.6 is 0 Å². The van der Waals surface area contributed by atoms with E-state index in [0.717, 1.165) is 24.4 Å². The highest BCUT2D eigenvalue weighted by molar-refractivity contribution is 5.45. The molecule has 0 saturated carbocycles. The number of hydrogen-bond donors (Lipinski definition) is 2. The molecule has 0 aliphatic rings. The average Bonchev–Trinajstić information content (AvgIpc) is 2.73. The van der Waals surface area contributed by atoms with Gasteiger partial charge < -0.3 is 11.1 Å². The van der Waals surface area contributed by atoms with Crippen LogP contribution in [0.15, 0.2) is 24.5 Å². The van der Waals surface area contributed by atoms with Gasteiger partial charge in [-0.3, -0.25) is 0 Å². The van der Waals surface area contributed by atoms with Crippen molar-refractivity contribution >= 4 is 11.5 Å². The standard InChI is InChI=1S/C12H19N5/c1-12(2,5-6-13)9-14-10-4-8-17-11(16-10)3-7-15-17/h3-4,7-8H,5-6,9,13H2,1-2H3,(H,14,16). The third kappa shape index (κ3) is 2.94. The lowest BCUT2D eigenvalue weighted by Gasteiger charge is -2.24. The molecular formula is C12H19N5. The van der Waals surface area contributed by atoms with Crippen molar-refractivity contribution in [1.82, 2.24) is 14.6 Å². The molecule has 2 aromatic rings. The molecular weight excluding hydrogens is 214 g/mol. The largest absolute Gasteiger partial charge is 0.369 e. The fraction of sp³-hybridized carbons (Fsp3) is 0.500. The molecule has 0 amide bonds. The van der Waals surface area contributed by atoms with Crippen LogP contribution in [0.3, 0.4) is 0 Å². The lowest BCUT2D eigenvalue weighted by molar-refractivity contribution is 0.365. The van der Waals surface area contributed by atoms with Gasteiger partial charge in [-0.25, -0.2) is 9.50 Å². The Morgan fingerprint density at radius 2 is 2.24 bits per heavy atom. The summed E-state index contributed by atoms with van der Waals surface area (Å²) in [6.45, 7) is 5.97. The van der Waals surface area contributed by atoms with Crippen molar-refractivity contribution in [3.63, 3.8) is 0 Å². The summed E-state index contributed by atoms with van der Waals surface area (Å²) in [5.41, 5.74) is 6.63. The van der Waals surface area contributed by atoms with E-state index >= 15 is 0 Å². The Bertz CT molecular complexity index is 488. The fourth-order valence-corrected chi connectivity index (χ4v) is 1.72. The molecule has 5 nitrogen and oxygen atoms in total. The third-order valence-corrected chi connectivity index (χ3v) is 2.83. The first kappa shape index (κ1) is 11.9. The van der Waals surface area contributed by atoms with E-state index in [9.17, 15) is 0 Å². The van der Waals surface area contributed by atoms with Crippen molar-refractivity contribution in [2.45, 2.75) is 20.3 Å². The average molecular weight is 233 g/mol. The molecule has 0 aliphatic carbocycles. The first-order valence-corrected chi connectivity index (χ1v) is 5.85. The molecule has 0 spiro atoms. The number of nitrogens with zero attached hydrogens (tertiary/aromatic N) is 3. The highest BCUT2D eigenvalue weighted by atomic mass is 15.2. The zero-order chi connectivity index (χ0) is 12.3. The lowest BCUT2D eigenvalue weighted by Crippen LogP contribution is -2.26. The second kappa shape index (κ2) is 4.71. The molecule has 92 valence electrons. The minimum absolute atomic E-state index is 0.183. The van der Waals surface area contributed by atoms with Crippen LogP contribution in [0.2, 0.25) is 0 Å². The van der Waals surface area contributed by atoms with Gasteiger partial charge in [-0.05, 0) is 24.4 Å². The first-order chi connectivity index (χ1) is 8.11. The SMILES string of the molecule is CC(C)(CCN)CNc1ccn2nccc2n1. The molecule has 0 saturated heterocycles. The molecule has 0 atom stereocenters. The van der Waals surface area contributed by atoms with Crippen LogP contribution in [0.5, 0.6) is 0 Å². The van der Waals surface area contributed by atoms with Crippen LogP contribution in [0.4, 0.5) is 5.82 Å². The summed E-state index contributed by atoms with van der Waals surface area (Å²) >= 11 is 0. The van der Waals surface area contributed by atoms with E-state index in [-0.39, 0.29) is 5.41 Å². The van der Waals surface area contributed by atoms with Gasteiger partial charge in [0.1, 0.15) is 5.82 Å². The van der Waals surface area contributed by atoms with Crippen molar-refractivity contribution in [3.05, 3.63) is 24.5 Å². The van der Waals surface area contributed by atoms with Crippen LogP contribution in [0.1, 0.15) is 20.3 Å². The summed E-state index contributed by atoms with van der Waals surface area (Å²) in [6, 6.07) is 3.81. The number of rotatable bonds is 5. The zero-order valence-electron chi connectivity index (χ0n) is 10.3. The van der Waals surface area contributed by atoms with Gasteiger partial charge in [0.05, 0.1) is 6.20 Å². The van der Waals surface area contributed by atoms with Crippen molar-refractivity contribution in [3.8, 4) is 0 Å². The monoisotopic (exact) mass is 233 g/mol. The number of aromatic nitrogens is 3. The predicted molar refractivity (Wildman–Crippen MR) is 68.9 cm³/mol. The van der Waals surface area contributed by atoms with E-state index in [1.165, 1.54) is 0 Å². The molecule has 0 aromatic carbocycles. The summed E-state index contributed by atoms with van der Waals surface area (Å²) < 4.78 is 1.75. The maximum absolute atomic E-state index is 5.59. The van der Waals surface area contributed by atoms with E-state index in [1.54, 1.807) is 10.7 Å². The first-order valence-electron chi connectivity index (χ1n) is 5.85. The number of anilines is 1. The van der Waals surface area contributed by atoms with Crippen LogP contribution in [-0.2, 0) is 0 Å². The van der Waals surface area contributed by atoms with Crippen LogP contribution in [-0.4, -0.2) is 27.7 Å². The fourth-order valence-electron chi connectivity index (χ4n) is 1.72. The summed E-state index contributed by atoms with van der Waals surface area (Å²) in [5.74, 6) is 0.878. The van der Waals surface area contributed by atoms with Crippen molar-refractivity contribution in [2.24, 2.45) is 11.1 Å². The van der Waals surface area contributed by atoms with E-state index in [1.807, 2.05) is 18.3 Å². The molecule has 0 fully saturated rings. The van der Waals surface area contributed by atoms with Crippen LogP contribution < -0.4 is 11.1 Å². The molecule has 2 heterocycles. The number of nitrogens with two attached hydrogens (primary N) is 1. The zero-order valence-corrected chi connectivity index (χ0v) is 10.3. The quantitative estimate of drug-likeness (QED) is 0.821. The summed E-state index contributed by atoms with van der Waals surface area (Å²) in [4.78, 5) is 4.46. The van der Waals surface area contributed by atoms with Crippen molar-refractivity contribution in [2.75, 3.05) is 18.4 Å². The molecule has 3 N–H and O–H groups in total. The smallest absolute Gasteiger partial charge is 0.157 e. The Balaban J connectivity index is 2.03. The van der Waals surface area contributed by atoms with Crippen molar-refractivity contribution < 1.29 is 0 Å². The number of hydrogen-bond acceptors (Lipinski definition) is 4. The van der Waals surface area contributed by atoms with Crippen LogP contribution in [0, 0.1) is 5.41 Å². The third-order valence-electron chi connectivity index (χ3n) is 2.83. The number of fused-ring (bicyclic) bond motifs is 1. The highest BCUT2D eigenvalue weighted by Gasteiger charge is 2.16. The van der Waals surface area contributed by atoms with Gasteiger partial charge in [-0.1, -0.05) is 13.8 Å². The van der Waals surface area contributed by atoms with Crippen molar-refractivity contribution in [1.29, 1.82) is 0 Å².